The van der Waals surface area contributed by atoms with Crippen LogP contribution in [0.2, 0.25) is 0 Å². The molecule has 0 spiro atoms. The summed E-state index contributed by atoms with van der Waals surface area (Å²) in [6, 6.07) is 0. The highest BCUT2D eigenvalue weighted by atomic mass is 16.2. The van der Waals surface area contributed by atoms with Crippen LogP contribution in [0, 0.1) is 0 Å². The predicted octanol–water partition coefficient (Wildman–Crippen LogP) is 4.03. The number of nitrogens with one attached hydrogen (secondary N) is 1. The second-order valence-corrected chi connectivity index (χ2v) is 4.51. The minimum atomic E-state index is 0.0471. The van der Waals surface area contributed by atoms with Gasteiger partial charge in [-0.2, -0.15) is 5.10 Å². The van der Waals surface area contributed by atoms with Gasteiger partial charge in [0.25, 0.3) is 0 Å². The van der Waals surface area contributed by atoms with Crippen molar-refractivity contribution in [3.8, 4) is 0 Å². The molecule has 17 heavy (non-hydrogen) atoms. The van der Waals surface area contributed by atoms with Gasteiger partial charge in [0.05, 0.1) is 0 Å². The van der Waals surface area contributed by atoms with Crippen LogP contribution in [0.5, 0.6) is 0 Å². The highest BCUT2D eigenvalue weighted by Crippen LogP contribution is 2.02. The first-order chi connectivity index (χ1) is 8.31. The van der Waals surface area contributed by atoms with Crippen LogP contribution >= 0.6 is 0 Å². The first-order valence-corrected chi connectivity index (χ1v) is 7.11. The third-order valence-electron chi connectivity index (χ3n) is 2.72. The van der Waals surface area contributed by atoms with E-state index < -0.39 is 0 Å². The van der Waals surface area contributed by atoms with Crippen molar-refractivity contribution in [3.05, 3.63) is 0 Å². The van der Waals surface area contributed by atoms with E-state index in [4.69, 9.17) is 0 Å². The number of nitrogens with zero attached hydrogens (tertiary/aromatic N) is 1. The fourth-order valence-electron chi connectivity index (χ4n) is 1.61. The van der Waals surface area contributed by atoms with Crippen molar-refractivity contribution in [2.24, 2.45) is 5.10 Å². The Bertz CT molecular complexity index is 202. The molecule has 0 aromatic heterocycles. The van der Waals surface area contributed by atoms with E-state index in [-0.39, 0.29) is 5.91 Å². The van der Waals surface area contributed by atoms with Crippen molar-refractivity contribution < 1.29 is 4.79 Å². The van der Waals surface area contributed by atoms with Gasteiger partial charge < -0.3 is 0 Å². The smallest absolute Gasteiger partial charge is 0.240 e. The minimum absolute atomic E-state index is 0.0471. The summed E-state index contributed by atoms with van der Waals surface area (Å²) >= 11 is 0. The Morgan fingerprint density at radius 2 is 1.65 bits per heavy atom. The molecule has 0 saturated carbocycles. The van der Waals surface area contributed by atoms with Crippen LogP contribution in [0.1, 0.15) is 78.1 Å². The van der Waals surface area contributed by atoms with Crippen LogP contribution < -0.4 is 5.43 Å². The third kappa shape index (κ3) is 13.1. The lowest BCUT2D eigenvalue weighted by Crippen LogP contribution is -2.16. The van der Waals surface area contributed by atoms with Gasteiger partial charge in [-0.15, -0.1) is 0 Å². The van der Waals surface area contributed by atoms with E-state index in [0.29, 0.717) is 6.42 Å². The van der Waals surface area contributed by atoms with Crippen molar-refractivity contribution in [1.29, 1.82) is 0 Å². The fraction of sp³-hybridized carbons (Fsp3) is 0.857. The van der Waals surface area contributed by atoms with Gasteiger partial charge in [-0.05, 0) is 19.3 Å². The lowest BCUT2D eigenvalue weighted by atomic mass is 10.1. The van der Waals surface area contributed by atoms with Gasteiger partial charge in [-0.3, -0.25) is 4.79 Å². The van der Waals surface area contributed by atoms with Crippen LogP contribution in [0.4, 0.5) is 0 Å². The zero-order valence-electron chi connectivity index (χ0n) is 11.5. The normalized spacial score (nSPS) is 10.9. The van der Waals surface area contributed by atoms with Gasteiger partial charge in [0.15, 0.2) is 0 Å². The van der Waals surface area contributed by atoms with Crippen molar-refractivity contribution in [2.45, 2.75) is 78.1 Å². The Hall–Kier alpha value is -0.860. The molecule has 0 aromatic carbocycles. The standard InChI is InChI=1S/C14H28N2O/c1-3-5-7-9-11-13-15-16-14(17)12-10-8-6-4-2/h13H,3-12H2,1-2H3,(H,16,17)/b15-13+. The Kier molecular flexibility index (Phi) is 12.5. The molecule has 3 nitrogen and oxygen atoms in total. The zero-order chi connectivity index (χ0) is 12.8. The minimum Gasteiger partial charge on any atom is -0.273 e. The van der Waals surface area contributed by atoms with Crippen LogP contribution in [-0.2, 0) is 4.79 Å². The molecule has 0 aliphatic heterocycles. The van der Waals surface area contributed by atoms with E-state index in [0.717, 1.165) is 19.3 Å². The van der Waals surface area contributed by atoms with E-state index in [9.17, 15) is 4.79 Å². The van der Waals surface area contributed by atoms with Gasteiger partial charge >= 0.3 is 0 Å². The molecule has 1 amide bonds. The molecule has 0 aliphatic rings. The second kappa shape index (κ2) is 13.2. The van der Waals surface area contributed by atoms with Crippen LogP contribution in [0.25, 0.3) is 0 Å². The van der Waals surface area contributed by atoms with Gasteiger partial charge in [0.1, 0.15) is 0 Å². The van der Waals surface area contributed by atoms with Crippen molar-refractivity contribution in [2.75, 3.05) is 0 Å². The Balaban J connectivity index is 3.27. The number of carbonyl (C=O) groups is 1. The Labute approximate surface area is 106 Å². The largest absolute Gasteiger partial charge is 0.273 e. The topological polar surface area (TPSA) is 41.5 Å². The molecular formula is C14H28N2O. The summed E-state index contributed by atoms with van der Waals surface area (Å²) in [4.78, 5) is 11.3. The molecule has 3 heteroatoms. The Morgan fingerprint density at radius 1 is 1.00 bits per heavy atom. The molecule has 0 bridgehead atoms. The van der Waals surface area contributed by atoms with E-state index in [1.165, 1.54) is 38.5 Å². The third-order valence-corrected chi connectivity index (χ3v) is 2.72. The molecule has 0 heterocycles. The first kappa shape index (κ1) is 16.1. The van der Waals surface area contributed by atoms with Gasteiger partial charge in [0, 0.05) is 12.6 Å². The van der Waals surface area contributed by atoms with Crippen molar-refractivity contribution in [3.63, 3.8) is 0 Å². The molecule has 0 unspecified atom stereocenters. The summed E-state index contributed by atoms with van der Waals surface area (Å²) in [6.45, 7) is 4.37. The number of hydrogen-bond acceptors (Lipinski definition) is 2. The molecule has 0 saturated heterocycles. The maximum atomic E-state index is 11.3. The van der Waals surface area contributed by atoms with Gasteiger partial charge in [0.2, 0.25) is 5.91 Å². The van der Waals surface area contributed by atoms with Crippen LogP contribution in [0.3, 0.4) is 0 Å². The van der Waals surface area contributed by atoms with Gasteiger partial charge in [-0.25, -0.2) is 5.43 Å². The molecular weight excluding hydrogens is 212 g/mol. The number of unbranched alkanes of at least 4 members (excludes halogenated alkanes) is 7. The summed E-state index contributed by atoms with van der Waals surface area (Å²) in [7, 11) is 0. The number of rotatable bonds is 11. The quantitative estimate of drug-likeness (QED) is 0.331. The molecule has 0 aromatic rings. The SMILES string of the molecule is CCCCCC/C=N/NC(=O)CCCCCC. The predicted molar refractivity (Wildman–Crippen MR) is 74.2 cm³/mol. The average molecular weight is 240 g/mol. The second-order valence-electron chi connectivity index (χ2n) is 4.51. The van der Waals surface area contributed by atoms with Crippen molar-refractivity contribution >= 4 is 12.1 Å². The van der Waals surface area contributed by atoms with Crippen molar-refractivity contribution in [1.82, 2.24) is 5.43 Å². The molecule has 1 N–H and O–H groups in total. The monoisotopic (exact) mass is 240 g/mol. The number of hydrazone groups is 1. The summed E-state index contributed by atoms with van der Waals surface area (Å²) < 4.78 is 0. The average Bonchev–Trinajstić information content (AvgIpc) is 2.33. The number of amides is 1. The summed E-state index contributed by atoms with van der Waals surface area (Å²) in [6.07, 6.45) is 12.9. The maximum absolute atomic E-state index is 11.3. The van der Waals surface area contributed by atoms with Gasteiger partial charge in [-0.1, -0.05) is 52.4 Å². The van der Waals surface area contributed by atoms with E-state index in [1.54, 1.807) is 0 Å². The molecule has 100 valence electrons. The first-order valence-electron chi connectivity index (χ1n) is 7.11. The van der Waals surface area contributed by atoms with Crippen LogP contribution in [-0.4, -0.2) is 12.1 Å². The lowest BCUT2D eigenvalue weighted by molar-refractivity contribution is -0.121. The maximum Gasteiger partial charge on any atom is 0.240 e. The zero-order valence-corrected chi connectivity index (χ0v) is 11.5. The lowest BCUT2D eigenvalue weighted by Gasteiger charge is -1.99. The highest BCUT2D eigenvalue weighted by molar-refractivity contribution is 5.76. The Morgan fingerprint density at radius 3 is 2.29 bits per heavy atom. The summed E-state index contributed by atoms with van der Waals surface area (Å²) in [5.74, 6) is 0.0471. The fourth-order valence-corrected chi connectivity index (χ4v) is 1.61. The highest BCUT2D eigenvalue weighted by Gasteiger charge is 1.97. The van der Waals surface area contributed by atoms with E-state index >= 15 is 0 Å². The van der Waals surface area contributed by atoms with E-state index in [2.05, 4.69) is 24.4 Å². The summed E-state index contributed by atoms with van der Waals surface area (Å²) in [5, 5.41) is 3.94. The molecule has 0 rings (SSSR count). The molecule has 0 aliphatic carbocycles. The number of hydrogen-bond donors (Lipinski definition) is 1. The molecule has 0 radical (unpaired) electrons. The molecule has 0 atom stereocenters. The summed E-state index contributed by atoms with van der Waals surface area (Å²) in [5.41, 5.74) is 2.58. The number of carbonyl (C=O) groups excluding carboxylic acids is 1. The van der Waals surface area contributed by atoms with Crippen LogP contribution in [0.15, 0.2) is 5.10 Å². The van der Waals surface area contributed by atoms with E-state index in [1.807, 2.05) is 6.21 Å². The molecule has 0 fully saturated rings.